The van der Waals surface area contributed by atoms with Crippen molar-refractivity contribution in [3.8, 4) is 0 Å². The number of hydrogen-bond acceptors (Lipinski definition) is 4. The maximum absolute atomic E-state index is 5.95. The predicted octanol–water partition coefficient (Wildman–Crippen LogP) is 1.10. The average molecular weight is 242 g/mol. The Labute approximate surface area is 104 Å². The highest BCUT2D eigenvalue weighted by atomic mass is 15.3. The van der Waals surface area contributed by atoms with Crippen molar-refractivity contribution in [3.63, 3.8) is 0 Å². The van der Waals surface area contributed by atoms with Crippen molar-refractivity contribution < 1.29 is 0 Å². The summed E-state index contributed by atoms with van der Waals surface area (Å²) in [6.45, 7) is 2.58. The number of rotatable bonds is 2. The van der Waals surface area contributed by atoms with Crippen molar-refractivity contribution in [2.75, 3.05) is 5.73 Å². The summed E-state index contributed by atoms with van der Waals surface area (Å²) in [7, 11) is 1.89. The van der Waals surface area contributed by atoms with Crippen molar-refractivity contribution in [2.24, 2.45) is 7.05 Å². The molecule has 0 aliphatic rings. The molecule has 3 aromatic heterocycles. The molecule has 0 bridgehead atoms. The molecule has 18 heavy (non-hydrogen) atoms. The van der Waals surface area contributed by atoms with E-state index in [2.05, 4.69) is 15.1 Å². The Bertz CT molecular complexity index is 709. The van der Waals surface area contributed by atoms with E-state index in [1.165, 1.54) is 0 Å². The van der Waals surface area contributed by atoms with E-state index in [1.807, 2.05) is 36.9 Å². The highest BCUT2D eigenvalue weighted by Gasteiger charge is 2.12. The van der Waals surface area contributed by atoms with Gasteiger partial charge in [-0.25, -0.2) is 9.97 Å². The number of fused-ring (bicyclic) bond motifs is 1. The second-order valence-electron chi connectivity index (χ2n) is 4.34. The van der Waals surface area contributed by atoms with Gasteiger partial charge in [0.2, 0.25) is 5.95 Å². The molecule has 0 atom stereocenters. The average Bonchev–Trinajstić information content (AvgIpc) is 2.87. The van der Waals surface area contributed by atoms with Gasteiger partial charge in [-0.05, 0) is 24.6 Å². The van der Waals surface area contributed by atoms with Crippen molar-refractivity contribution in [3.05, 3.63) is 35.8 Å². The summed E-state index contributed by atoms with van der Waals surface area (Å²) < 4.78 is 3.65. The zero-order chi connectivity index (χ0) is 12.7. The Hall–Kier alpha value is -2.37. The summed E-state index contributed by atoms with van der Waals surface area (Å²) >= 11 is 0. The van der Waals surface area contributed by atoms with Gasteiger partial charge in [-0.15, -0.1) is 0 Å². The van der Waals surface area contributed by atoms with Gasteiger partial charge in [0.15, 0.2) is 5.65 Å². The van der Waals surface area contributed by atoms with Crippen molar-refractivity contribution in [2.45, 2.75) is 13.5 Å². The molecule has 0 unspecified atom stereocenters. The first-order valence-electron chi connectivity index (χ1n) is 5.71. The number of pyridine rings is 1. The van der Waals surface area contributed by atoms with Gasteiger partial charge in [-0.1, -0.05) is 0 Å². The molecule has 0 aliphatic carbocycles. The second kappa shape index (κ2) is 3.83. The van der Waals surface area contributed by atoms with Crippen LogP contribution in [0.5, 0.6) is 0 Å². The quantitative estimate of drug-likeness (QED) is 0.730. The molecule has 0 saturated carbocycles. The normalized spacial score (nSPS) is 11.2. The molecule has 0 amide bonds. The molecule has 0 radical (unpaired) electrons. The third-order valence-electron chi connectivity index (χ3n) is 2.95. The molecular formula is C12H14N6. The zero-order valence-electron chi connectivity index (χ0n) is 10.3. The fourth-order valence-electron chi connectivity index (χ4n) is 2.02. The van der Waals surface area contributed by atoms with Crippen LogP contribution in [0.25, 0.3) is 11.2 Å². The fraction of sp³-hybridized carbons (Fsp3) is 0.250. The molecule has 0 aliphatic heterocycles. The summed E-state index contributed by atoms with van der Waals surface area (Å²) in [5.74, 6) is 0.470. The first-order valence-corrected chi connectivity index (χ1v) is 5.71. The Kier molecular flexibility index (Phi) is 2.29. The monoisotopic (exact) mass is 242 g/mol. The lowest BCUT2D eigenvalue weighted by molar-refractivity contribution is 0.715. The van der Waals surface area contributed by atoms with E-state index in [-0.39, 0.29) is 0 Å². The van der Waals surface area contributed by atoms with Crippen LogP contribution in [0.15, 0.2) is 24.5 Å². The minimum atomic E-state index is 0.470. The summed E-state index contributed by atoms with van der Waals surface area (Å²) in [5, 5.41) is 4.34. The van der Waals surface area contributed by atoms with Gasteiger partial charge >= 0.3 is 0 Å². The maximum atomic E-state index is 5.95. The molecule has 3 heterocycles. The number of nitrogens with two attached hydrogens (primary N) is 1. The van der Waals surface area contributed by atoms with Crippen LogP contribution in [-0.4, -0.2) is 24.3 Å². The van der Waals surface area contributed by atoms with E-state index in [0.29, 0.717) is 12.5 Å². The highest BCUT2D eigenvalue weighted by Crippen LogP contribution is 2.19. The summed E-state index contributed by atoms with van der Waals surface area (Å²) in [6.07, 6.45) is 3.68. The van der Waals surface area contributed by atoms with Gasteiger partial charge in [0.1, 0.15) is 5.52 Å². The molecule has 0 fully saturated rings. The number of imidazole rings is 1. The SMILES string of the molecule is Cc1ccnc2c1nc(N)n2Cc1ccn(C)n1. The van der Waals surface area contributed by atoms with E-state index in [4.69, 9.17) is 5.73 Å². The van der Waals surface area contributed by atoms with E-state index in [1.54, 1.807) is 10.9 Å². The van der Waals surface area contributed by atoms with Crippen LogP contribution in [0.4, 0.5) is 5.95 Å². The fourth-order valence-corrected chi connectivity index (χ4v) is 2.02. The zero-order valence-corrected chi connectivity index (χ0v) is 10.3. The lowest BCUT2D eigenvalue weighted by Gasteiger charge is -2.03. The van der Waals surface area contributed by atoms with E-state index < -0.39 is 0 Å². The molecule has 3 rings (SSSR count). The van der Waals surface area contributed by atoms with Gasteiger partial charge in [-0.2, -0.15) is 5.10 Å². The van der Waals surface area contributed by atoms with Crippen LogP contribution in [0, 0.1) is 6.92 Å². The molecule has 0 saturated heterocycles. The highest BCUT2D eigenvalue weighted by molar-refractivity contribution is 5.77. The topological polar surface area (TPSA) is 74.5 Å². The number of nitrogen functional groups attached to an aromatic ring is 1. The summed E-state index contributed by atoms with van der Waals surface area (Å²) in [5.41, 5.74) is 9.62. The Balaban J connectivity index is 2.11. The summed E-state index contributed by atoms with van der Waals surface area (Å²) in [6, 6.07) is 3.89. The molecule has 92 valence electrons. The van der Waals surface area contributed by atoms with Gasteiger partial charge in [-0.3, -0.25) is 9.25 Å². The van der Waals surface area contributed by atoms with Gasteiger partial charge in [0.25, 0.3) is 0 Å². The standard InChI is InChI=1S/C12H14N6/c1-8-3-5-14-11-10(8)15-12(13)18(11)7-9-4-6-17(2)16-9/h3-6H,7H2,1-2H3,(H2,13,15). The van der Waals surface area contributed by atoms with E-state index in [9.17, 15) is 0 Å². The Morgan fingerprint density at radius 3 is 2.89 bits per heavy atom. The smallest absolute Gasteiger partial charge is 0.202 e. The Morgan fingerprint density at radius 1 is 1.33 bits per heavy atom. The maximum Gasteiger partial charge on any atom is 0.202 e. The Morgan fingerprint density at radius 2 is 2.17 bits per heavy atom. The van der Waals surface area contributed by atoms with Gasteiger partial charge < -0.3 is 5.73 Å². The van der Waals surface area contributed by atoms with Gasteiger partial charge in [0.05, 0.1) is 12.2 Å². The largest absolute Gasteiger partial charge is 0.369 e. The van der Waals surface area contributed by atoms with Gasteiger partial charge in [0, 0.05) is 19.4 Å². The predicted molar refractivity (Wildman–Crippen MR) is 69.0 cm³/mol. The second-order valence-corrected chi connectivity index (χ2v) is 4.34. The van der Waals surface area contributed by atoms with Crippen molar-refractivity contribution in [1.82, 2.24) is 24.3 Å². The first kappa shape index (κ1) is 10.8. The molecule has 0 spiro atoms. The minimum absolute atomic E-state index is 0.470. The van der Waals surface area contributed by atoms with Crippen LogP contribution in [0.2, 0.25) is 0 Å². The number of anilines is 1. The van der Waals surface area contributed by atoms with E-state index >= 15 is 0 Å². The number of aromatic nitrogens is 5. The van der Waals surface area contributed by atoms with Crippen molar-refractivity contribution >= 4 is 17.1 Å². The lowest BCUT2D eigenvalue weighted by Crippen LogP contribution is -2.06. The van der Waals surface area contributed by atoms with Crippen molar-refractivity contribution in [1.29, 1.82) is 0 Å². The van der Waals surface area contributed by atoms with Crippen LogP contribution in [-0.2, 0) is 13.6 Å². The molecule has 6 heteroatoms. The van der Waals surface area contributed by atoms with Crippen LogP contribution >= 0.6 is 0 Å². The van der Waals surface area contributed by atoms with Crippen LogP contribution in [0.3, 0.4) is 0 Å². The van der Waals surface area contributed by atoms with Crippen LogP contribution < -0.4 is 5.73 Å². The third-order valence-corrected chi connectivity index (χ3v) is 2.95. The molecule has 6 nitrogen and oxygen atoms in total. The third kappa shape index (κ3) is 1.62. The minimum Gasteiger partial charge on any atom is -0.369 e. The molecule has 3 aromatic rings. The number of hydrogen-bond donors (Lipinski definition) is 1. The molecular weight excluding hydrogens is 228 g/mol. The van der Waals surface area contributed by atoms with E-state index in [0.717, 1.165) is 22.4 Å². The molecule has 0 aromatic carbocycles. The number of aryl methyl sites for hydroxylation is 2. The summed E-state index contributed by atoms with van der Waals surface area (Å²) in [4.78, 5) is 8.71. The number of nitrogens with zero attached hydrogens (tertiary/aromatic N) is 5. The first-order chi connectivity index (χ1) is 8.65. The lowest BCUT2D eigenvalue weighted by atomic mass is 10.3. The molecule has 2 N–H and O–H groups in total. The van der Waals surface area contributed by atoms with Crippen LogP contribution in [0.1, 0.15) is 11.3 Å².